The van der Waals surface area contributed by atoms with Crippen molar-refractivity contribution in [2.24, 2.45) is 0 Å². The summed E-state index contributed by atoms with van der Waals surface area (Å²) in [5.74, 6) is 0. The molecule has 28 heavy (non-hydrogen) atoms. The minimum atomic E-state index is 0.114. The summed E-state index contributed by atoms with van der Waals surface area (Å²) in [5, 5.41) is 8.01. The Hall–Kier alpha value is -2.04. The molecule has 4 atom stereocenters. The van der Waals surface area contributed by atoms with E-state index < -0.39 is 0 Å². The summed E-state index contributed by atoms with van der Waals surface area (Å²) in [4.78, 5) is 0. The molecule has 0 aromatic heterocycles. The number of anilines is 2. The monoisotopic (exact) mass is 376 g/mol. The average molecular weight is 377 g/mol. The van der Waals surface area contributed by atoms with Gasteiger partial charge < -0.3 is 19.6 Å². The van der Waals surface area contributed by atoms with Crippen molar-refractivity contribution in [2.75, 3.05) is 51.9 Å². The first-order valence-electron chi connectivity index (χ1n) is 10.7. The maximum atomic E-state index is 4.01. The van der Waals surface area contributed by atoms with Gasteiger partial charge in [-0.3, -0.25) is 0 Å². The summed E-state index contributed by atoms with van der Waals surface area (Å²) in [5.41, 5.74) is 6.04. The zero-order valence-electron chi connectivity index (χ0n) is 17.5. The van der Waals surface area contributed by atoms with Crippen LogP contribution in [0.4, 0.5) is 11.4 Å². The minimum Gasteiger partial charge on any atom is -0.335 e. The lowest BCUT2D eigenvalue weighted by Crippen LogP contribution is -2.65. The fraction of sp³-hybridized carbons (Fsp3) is 0.500. The van der Waals surface area contributed by atoms with E-state index in [0.717, 1.165) is 8.97 Å². The van der Waals surface area contributed by atoms with E-state index >= 15 is 0 Å². The van der Waals surface area contributed by atoms with Gasteiger partial charge in [-0.1, -0.05) is 36.4 Å². The molecule has 2 aromatic carbocycles. The van der Waals surface area contributed by atoms with Gasteiger partial charge in [0.25, 0.3) is 0 Å². The van der Waals surface area contributed by atoms with Gasteiger partial charge in [-0.2, -0.15) is 0 Å². The van der Waals surface area contributed by atoms with Crippen LogP contribution >= 0.6 is 0 Å². The molecule has 0 unspecified atom stereocenters. The van der Waals surface area contributed by atoms with Gasteiger partial charge in [-0.25, -0.2) is 0 Å². The number of nitrogens with zero attached hydrogens (tertiary/aromatic N) is 2. The molecule has 0 spiro atoms. The van der Waals surface area contributed by atoms with E-state index in [9.17, 15) is 0 Å². The molecule has 6 rings (SSSR count). The van der Waals surface area contributed by atoms with Gasteiger partial charge in [0.1, 0.15) is 0 Å². The van der Waals surface area contributed by atoms with Gasteiger partial charge in [0.15, 0.2) is 12.3 Å². The van der Waals surface area contributed by atoms with Crippen LogP contribution in [0.25, 0.3) is 0 Å². The van der Waals surface area contributed by atoms with Crippen LogP contribution < -0.4 is 10.6 Å². The highest BCUT2D eigenvalue weighted by Crippen LogP contribution is 2.67. The molecule has 2 aromatic rings. The standard InChI is InChI=1S/C24H32N4/c1-27(2)15-13-23(17-9-5-7-11-19(17)25-21(23)27)24-14-16-28(3,4)22(24)26-20-12-8-6-10-18(20)24/h5-12,21-22,25-26H,13-16H2,1-4H3/q+2/t21-,22-,23+,24+/m0/s1. The number of nitrogens with one attached hydrogen (secondary N) is 2. The number of hydrogen-bond donors (Lipinski definition) is 2. The van der Waals surface area contributed by atoms with Crippen molar-refractivity contribution in [3.63, 3.8) is 0 Å². The summed E-state index contributed by atoms with van der Waals surface area (Å²) in [6, 6.07) is 18.3. The summed E-state index contributed by atoms with van der Waals surface area (Å²) in [7, 11) is 9.67. The van der Waals surface area contributed by atoms with Gasteiger partial charge in [0.05, 0.1) is 52.1 Å². The molecular formula is C24H32N4+2. The number of benzene rings is 2. The van der Waals surface area contributed by atoms with Crippen molar-refractivity contribution in [3.05, 3.63) is 59.7 Å². The second-order valence-electron chi connectivity index (χ2n) is 10.6. The Bertz CT molecular complexity index is 901. The molecule has 0 saturated carbocycles. The Morgan fingerprint density at radius 3 is 1.50 bits per heavy atom. The second-order valence-corrected chi connectivity index (χ2v) is 10.6. The quantitative estimate of drug-likeness (QED) is 0.746. The van der Waals surface area contributed by atoms with Crippen LogP contribution in [-0.2, 0) is 10.8 Å². The van der Waals surface area contributed by atoms with E-state index in [-0.39, 0.29) is 10.8 Å². The average Bonchev–Trinajstić information content (AvgIpc) is 3.34. The molecule has 4 aliphatic heterocycles. The Labute approximate surface area is 168 Å². The molecule has 2 N–H and O–H groups in total. The lowest BCUT2D eigenvalue weighted by atomic mass is 9.55. The summed E-state index contributed by atoms with van der Waals surface area (Å²) in [6.45, 7) is 2.44. The van der Waals surface area contributed by atoms with E-state index in [0.29, 0.717) is 12.3 Å². The predicted octanol–water partition coefficient (Wildman–Crippen LogP) is 3.33. The largest absolute Gasteiger partial charge is 0.335 e. The number of likely N-dealkylation sites (tertiary alicyclic amines) is 2. The molecule has 2 saturated heterocycles. The smallest absolute Gasteiger partial charge is 0.173 e. The second kappa shape index (κ2) is 4.92. The molecule has 4 heteroatoms. The SMILES string of the molecule is C[N+]1(C)CC[C@@]2([C@@]34CC[N+](C)(C)[C@@H]3Nc3ccccc34)c3ccccc3N[C@H]21. The van der Waals surface area contributed by atoms with Crippen molar-refractivity contribution < 1.29 is 8.97 Å². The highest BCUT2D eigenvalue weighted by Gasteiger charge is 2.77. The number of para-hydroxylation sites is 2. The van der Waals surface area contributed by atoms with Crippen LogP contribution in [0.3, 0.4) is 0 Å². The number of fused-ring (bicyclic) bond motifs is 7. The van der Waals surface area contributed by atoms with Crippen LogP contribution in [0.5, 0.6) is 0 Å². The van der Waals surface area contributed by atoms with Gasteiger partial charge in [-0.15, -0.1) is 0 Å². The minimum absolute atomic E-state index is 0.114. The van der Waals surface area contributed by atoms with Crippen molar-refractivity contribution in [3.8, 4) is 0 Å². The highest BCUT2D eigenvalue weighted by molar-refractivity contribution is 5.71. The van der Waals surface area contributed by atoms with Crippen LogP contribution in [0.15, 0.2) is 48.5 Å². The van der Waals surface area contributed by atoms with Crippen LogP contribution in [0.2, 0.25) is 0 Å². The van der Waals surface area contributed by atoms with Gasteiger partial charge in [0.2, 0.25) is 0 Å². The molecule has 4 nitrogen and oxygen atoms in total. The van der Waals surface area contributed by atoms with Crippen LogP contribution in [-0.4, -0.2) is 62.6 Å². The summed E-state index contributed by atoms with van der Waals surface area (Å²) < 4.78 is 2.08. The molecule has 2 fully saturated rings. The molecule has 0 bridgehead atoms. The van der Waals surface area contributed by atoms with Crippen molar-refractivity contribution in [2.45, 2.75) is 36.0 Å². The normalized spacial score (nSPS) is 38.1. The number of rotatable bonds is 1. The molecule has 146 valence electrons. The highest BCUT2D eigenvalue weighted by atomic mass is 15.5. The lowest BCUT2D eigenvalue weighted by molar-refractivity contribution is -0.906. The van der Waals surface area contributed by atoms with Crippen molar-refractivity contribution >= 4 is 11.4 Å². The zero-order chi connectivity index (χ0) is 19.4. The van der Waals surface area contributed by atoms with E-state index in [2.05, 4.69) is 87.4 Å². The number of likely N-dealkylation sites (N-methyl/N-ethyl adjacent to an activating group) is 2. The Morgan fingerprint density at radius 2 is 1.07 bits per heavy atom. The Balaban J connectivity index is 1.69. The van der Waals surface area contributed by atoms with E-state index in [1.54, 1.807) is 11.1 Å². The van der Waals surface area contributed by atoms with Crippen molar-refractivity contribution in [1.82, 2.24) is 0 Å². The Morgan fingerprint density at radius 1 is 0.679 bits per heavy atom. The topological polar surface area (TPSA) is 24.1 Å². The first kappa shape index (κ1) is 16.9. The fourth-order valence-corrected chi connectivity index (χ4v) is 7.52. The third-order valence-corrected chi connectivity index (χ3v) is 8.69. The molecule has 0 aliphatic carbocycles. The molecule has 4 heterocycles. The Kier molecular flexibility index (Phi) is 2.97. The molecule has 0 radical (unpaired) electrons. The van der Waals surface area contributed by atoms with Crippen molar-refractivity contribution in [1.29, 1.82) is 0 Å². The van der Waals surface area contributed by atoms with Crippen LogP contribution in [0.1, 0.15) is 24.0 Å². The van der Waals surface area contributed by atoms with E-state index in [1.807, 2.05) is 0 Å². The summed E-state index contributed by atoms with van der Waals surface area (Å²) >= 11 is 0. The van der Waals surface area contributed by atoms with E-state index in [4.69, 9.17) is 0 Å². The van der Waals surface area contributed by atoms with Gasteiger partial charge in [-0.05, 0) is 23.3 Å². The first-order valence-corrected chi connectivity index (χ1v) is 10.7. The third-order valence-electron chi connectivity index (χ3n) is 8.69. The number of quaternary nitrogens is 2. The molecule has 0 amide bonds. The molecule has 4 aliphatic rings. The lowest BCUT2D eigenvalue weighted by Gasteiger charge is -2.47. The third kappa shape index (κ3) is 1.67. The predicted molar refractivity (Wildman–Crippen MR) is 114 cm³/mol. The fourth-order valence-electron chi connectivity index (χ4n) is 7.52. The summed E-state index contributed by atoms with van der Waals surface area (Å²) in [6.07, 6.45) is 3.31. The van der Waals surface area contributed by atoms with Crippen LogP contribution in [0, 0.1) is 0 Å². The number of hydrogen-bond acceptors (Lipinski definition) is 2. The zero-order valence-corrected chi connectivity index (χ0v) is 17.5. The van der Waals surface area contributed by atoms with Gasteiger partial charge >= 0.3 is 0 Å². The first-order chi connectivity index (χ1) is 13.3. The maximum Gasteiger partial charge on any atom is 0.173 e. The maximum absolute atomic E-state index is 4.01. The van der Waals surface area contributed by atoms with Gasteiger partial charge in [0, 0.05) is 24.2 Å². The van der Waals surface area contributed by atoms with E-state index in [1.165, 1.54) is 37.3 Å². The molecular weight excluding hydrogens is 344 g/mol.